The fourth-order valence-electron chi connectivity index (χ4n) is 1.40. The number of benzene rings is 1. The van der Waals surface area contributed by atoms with Crippen LogP contribution in [0.4, 0.5) is 10.5 Å². The summed E-state index contributed by atoms with van der Waals surface area (Å²) in [6.07, 6.45) is 2.23. The molecule has 0 aliphatic rings. The van der Waals surface area contributed by atoms with Crippen molar-refractivity contribution in [1.29, 1.82) is 0 Å². The molecule has 0 aliphatic carbocycles. The fourth-order valence-corrected chi connectivity index (χ4v) is 2.59. The van der Waals surface area contributed by atoms with Crippen molar-refractivity contribution in [2.45, 2.75) is 12.5 Å². The summed E-state index contributed by atoms with van der Waals surface area (Å²) in [6, 6.07) is 3.48. The van der Waals surface area contributed by atoms with Gasteiger partial charge in [-0.05, 0) is 36.6 Å². The number of nitrogens with one attached hydrogen (secondary N) is 2. The molecule has 0 unspecified atom stereocenters. The topological polar surface area (TPSA) is 78.4 Å². The predicted octanol–water partition coefficient (Wildman–Crippen LogP) is 3.43. The lowest BCUT2D eigenvalue weighted by atomic mass is 10.2. The van der Waals surface area contributed by atoms with Gasteiger partial charge in [0.05, 0.1) is 10.7 Å². The summed E-state index contributed by atoms with van der Waals surface area (Å²) in [5.41, 5.74) is 0.418. The Kier molecular flexibility index (Phi) is 7.18. The first-order chi connectivity index (χ1) is 9.43. The molecule has 0 aliphatic heterocycles. The molecule has 0 spiro atoms. The number of carboxylic acids is 1. The molecule has 3 N–H and O–H groups in total. The van der Waals surface area contributed by atoms with Crippen LogP contribution >= 0.6 is 39.3 Å². The standard InChI is InChI=1S/C12H14BrClN2O3S/c1-20-5-4-10(11(17)18)16-12(19)15-9-3-2-7(13)6-8(9)14/h2-3,6,10H,4-5H2,1H3,(H,17,18)(H2,15,16,19)/t10-/m0/s1. The molecule has 0 fully saturated rings. The molecule has 1 atom stereocenters. The molecule has 110 valence electrons. The summed E-state index contributed by atoms with van der Waals surface area (Å²) in [6.45, 7) is 0. The van der Waals surface area contributed by atoms with Crippen molar-refractivity contribution in [3.63, 3.8) is 0 Å². The SMILES string of the molecule is CSCC[C@H](NC(=O)Nc1ccc(Br)cc1Cl)C(=O)O. The van der Waals surface area contributed by atoms with Crippen LogP contribution in [0.3, 0.4) is 0 Å². The molecule has 8 heteroatoms. The van der Waals surface area contributed by atoms with Gasteiger partial charge in [-0.25, -0.2) is 9.59 Å². The van der Waals surface area contributed by atoms with Crippen LogP contribution in [0.5, 0.6) is 0 Å². The summed E-state index contributed by atoms with van der Waals surface area (Å²) < 4.78 is 0.789. The Hall–Kier alpha value is -0.920. The molecule has 0 saturated heterocycles. The third kappa shape index (κ3) is 5.60. The van der Waals surface area contributed by atoms with E-state index in [4.69, 9.17) is 16.7 Å². The summed E-state index contributed by atoms with van der Waals surface area (Å²) in [5.74, 6) is -0.410. The van der Waals surface area contributed by atoms with Crippen LogP contribution in [-0.4, -0.2) is 35.2 Å². The Morgan fingerprint density at radius 3 is 2.75 bits per heavy atom. The molecule has 2 amide bonds. The molecular weight excluding hydrogens is 368 g/mol. The number of aliphatic carboxylic acids is 1. The van der Waals surface area contributed by atoms with Crippen molar-refractivity contribution < 1.29 is 14.7 Å². The maximum Gasteiger partial charge on any atom is 0.326 e. The zero-order valence-electron chi connectivity index (χ0n) is 10.7. The smallest absolute Gasteiger partial charge is 0.326 e. The van der Waals surface area contributed by atoms with E-state index in [2.05, 4.69) is 26.6 Å². The highest BCUT2D eigenvalue weighted by Crippen LogP contribution is 2.25. The molecular formula is C12H14BrClN2O3S. The fraction of sp³-hybridized carbons (Fsp3) is 0.333. The van der Waals surface area contributed by atoms with Gasteiger partial charge in [-0.2, -0.15) is 11.8 Å². The van der Waals surface area contributed by atoms with E-state index in [-0.39, 0.29) is 0 Å². The van der Waals surface area contributed by atoms with Gasteiger partial charge in [-0.1, -0.05) is 27.5 Å². The van der Waals surface area contributed by atoms with Crippen LogP contribution in [0, 0.1) is 0 Å². The van der Waals surface area contributed by atoms with Crippen LogP contribution in [-0.2, 0) is 4.79 Å². The molecule has 1 aromatic carbocycles. The van der Waals surface area contributed by atoms with Crippen molar-refractivity contribution in [2.75, 3.05) is 17.3 Å². The summed E-state index contributed by atoms with van der Waals surface area (Å²) in [7, 11) is 0. The van der Waals surface area contributed by atoms with Crippen molar-refractivity contribution in [2.24, 2.45) is 0 Å². The second-order valence-corrected chi connectivity index (χ2v) is 6.20. The van der Waals surface area contributed by atoms with Gasteiger partial charge in [0.2, 0.25) is 0 Å². The molecule has 1 aromatic rings. The minimum atomic E-state index is -1.06. The Morgan fingerprint density at radius 2 is 2.20 bits per heavy atom. The van der Waals surface area contributed by atoms with Crippen molar-refractivity contribution in [3.05, 3.63) is 27.7 Å². The van der Waals surface area contributed by atoms with Gasteiger partial charge in [0.1, 0.15) is 6.04 Å². The van der Waals surface area contributed by atoms with Crippen LogP contribution < -0.4 is 10.6 Å². The number of rotatable bonds is 6. The molecule has 20 heavy (non-hydrogen) atoms. The number of amides is 2. The monoisotopic (exact) mass is 380 g/mol. The van der Waals surface area contributed by atoms with E-state index in [1.54, 1.807) is 18.2 Å². The number of hydrogen-bond donors (Lipinski definition) is 3. The highest BCUT2D eigenvalue weighted by atomic mass is 79.9. The van der Waals surface area contributed by atoms with Gasteiger partial charge < -0.3 is 15.7 Å². The first kappa shape index (κ1) is 17.1. The second kappa shape index (κ2) is 8.39. The van der Waals surface area contributed by atoms with Crippen LogP contribution in [0.2, 0.25) is 5.02 Å². The molecule has 0 heterocycles. The zero-order valence-corrected chi connectivity index (χ0v) is 13.8. The second-order valence-electron chi connectivity index (χ2n) is 3.89. The van der Waals surface area contributed by atoms with E-state index in [0.717, 1.165) is 4.47 Å². The van der Waals surface area contributed by atoms with Crippen LogP contribution in [0.15, 0.2) is 22.7 Å². The molecule has 0 aromatic heterocycles. The number of carbonyl (C=O) groups is 2. The third-order valence-corrected chi connectivity index (χ3v) is 3.84. The largest absolute Gasteiger partial charge is 0.480 e. The normalized spacial score (nSPS) is 11.8. The first-order valence-corrected chi connectivity index (χ1v) is 8.25. The van der Waals surface area contributed by atoms with E-state index >= 15 is 0 Å². The average molecular weight is 382 g/mol. The van der Waals surface area contributed by atoms with Crippen LogP contribution in [0.25, 0.3) is 0 Å². The summed E-state index contributed by atoms with van der Waals surface area (Å²) in [5, 5.41) is 14.3. The van der Waals surface area contributed by atoms with E-state index in [0.29, 0.717) is 22.9 Å². The predicted molar refractivity (Wildman–Crippen MR) is 85.7 cm³/mol. The number of carboxylic acid groups (broad SMARTS) is 1. The number of anilines is 1. The minimum absolute atomic E-state index is 0.359. The van der Waals surface area contributed by atoms with E-state index in [9.17, 15) is 9.59 Å². The van der Waals surface area contributed by atoms with Gasteiger partial charge in [-0.15, -0.1) is 0 Å². The number of thioether (sulfide) groups is 1. The lowest BCUT2D eigenvalue weighted by Crippen LogP contribution is -2.43. The van der Waals surface area contributed by atoms with Crippen LogP contribution in [0.1, 0.15) is 6.42 Å². The Labute approximate surface area is 134 Å². The van der Waals surface area contributed by atoms with Gasteiger partial charge in [-0.3, -0.25) is 0 Å². The Morgan fingerprint density at radius 1 is 1.50 bits per heavy atom. The van der Waals surface area contributed by atoms with Gasteiger partial charge in [0.25, 0.3) is 0 Å². The lowest BCUT2D eigenvalue weighted by Gasteiger charge is -2.15. The molecule has 1 rings (SSSR count). The maximum absolute atomic E-state index is 11.8. The number of urea groups is 1. The summed E-state index contributed by atoms with van der Waals surface area (Å²) in [4.78, 5) is 22.8. The minimum Gasteiger partial charge on any atom is -0.480 e. The first-order valence-electron chi connectivity index (χ1n) is 5.68. The molecule has 0 saturated carbocycles. The van der Waals surface area contributed by atoms with Gasteiger partial charge in [0, 0.05) is 4.47 Å². The third-order valence-electron chi connectivity index (χ3n) is 2.39. The van der Waals surface area contributed by atoms with E-state index in [1.165, 1.54) is 11.8 Å². The van der Waals surface area contributed by atoms with Gasteiger partial charge in [0.15, 0.2) is 0 Å². The number of halogens is 2. The Bertz CT molecular complexity index is 502. The molecule has 0 radical (unpaired) electrons. The summed E-state index contributed by atoms with van der Waals surface area (Å²) >= 11 is 10.7. The Balaban J connectivity index is 2.63. The average Bonchev–Trinajstić information content (AvgIpc) is 2.37. The number of carbonyl (C=O) groups excluding carboxylic acids is 1. The van der Waals surface area contributed by atoms with E-state index in [1.807, 2.05) is 6.26 Å². The maximum atomic E-state index is 11.8. The molecule has 5 nitrogen and oxygen atoms in total. The zero-order chi connectivity index (χ0) is 15.1. The molecule has 0 bridgehead atoms. The van der Waals surface area contributed by atoms with Crippen molar-refractivity contribution in [1.82, 2.24) is 5.32 Å². The van der Waals surface area contributed by atoms with Crippen molar-refractivity contribution >= 4 is 57.0 Å². The quantitative estimate of drug-likeness (QED) is 0.705. The lowest BCUT2D eigenvalue weighted by molar-refractivity contribution is -0.139. The number of hydrogen-bond acceptors (Lipinski definition) is 3. The van der Waals surface area contributed by atoms with Gasteiger partial charge >= 0.3 is 12.0 Å². The highest BCUT2D eigenvalue weighted by Gasteiger charge is 2.19. The highest BCUT2D eigenvalue weighted by molar-refractivity contribution is 9.10. The van der Waals surface area contributed by atoms with E-state index < -0.39 is 18.0 Å². The van der Waals surface area contributed by atoms with Crippen molar-refractivity contribution in [3.8, 4) is 0 Å².